The number of thiocarbonyl (C=S) groups is 1. The van der Waals surface area contributed by atoms with E-state index in [-0.39, 0.29) is 22.3 Å². The first-order valence-electron chi connectivity index (χ1n) is 5.58. The van der Waals surface area contributed by atoms with Crippen LogP contribution in [0, 0.1) is 10.1 Å². The quantitative estimate of drug-likeness (QED) is 0.491. The van der Waals surface area contributed by atoms with Gasteiger partial charge in [0.2, 0.25) is 0 Å². The third-order valence-corrected chi connectivity index (χ3v) is 4.20. The summed E-state index contributed by atoms with van der Waals surface area (Å²) >= 11 is 5.04. The van der Waals surface area contributed by atoms with Crippen LogP contribution in [0.3, 0.4) is 0 Å². The van der Waals surface area contributed by atoms with Crippen molar-refractivity contribution in [2.75, 3.05) is 16.8 Å². The van der Waals surface area contributed by atoms with Crippen LogP contribution in [0.5, 0.6) is 0 Å². The normalized spacial score (nSPS) is 16.3. The van der Waals surface area contributed by atoms with E-state index >= 15 is 0 Å². The molecule has 0 unspecified atom stereocenters. The second-order valence-corrected chi connectivity index (χ2v) is 6.68. The first-order valence-corrected chi connectivity index (χ1v) is 7.81. The Morgan fingerprint density at radius 2 is 1.90 bits per heavy atom. The molecule has 20 heavy (non-hydrogen) atoms. The Labute approximate surface area is 120 Å². The van der Waals surface area contributed by atoms with Crippen molar-refractivity contribution in [3.8, 4) is 0 Å². The van der Waals surface area contributed by atoms with Gasteiger partial charge in [0.25, 0.3) is 5.69 Å². The van der Waals surface area contributed by atoms with Gasteiger partial charge in [0.05, 0.1) is 16.4 Å². The zero-order valence-electron chi connectivity index (χ0n) is 10.2. The first kappa shape index (κ1) is 14.4. The Morgan fingerprint density at radius 1 is 1.25 bits per heavy atom. The van der Waals surface area contributed by atoms with Gasteiger partial charge in [-0.05, 0) is 30.4 Å². The Balaban J connectivity index is 1.93. The van der Waals surface area contributed by atoms with Crippen LogP contribution < -0.4 is 10.6 Å². The molecule has 0 spiro atoms. The summed E-state index contributed by atoms with van der Waals surface area (Å²) in [5.74, 6) is -0.0510. The molecule has 2 N–H and O–H groups in total. The van der Waals surface area contributed by atoms with E-state index < -0.39 is 14.8 Å². The van der Waals surface area contributed by atoms with Crippen LogP contribution in [0.1, 0.15) is 0 Å². The summed E-state index contributed by atoms with van der Waals surface area (Å²) in [7, 11) is -3.05. The van der Waals surface area contributed by atoms with E-state index in [0.29, 0.717) is 11.4 Å². The summed E-state index contributed by atoms with van der Waals surface area (Å²) < 4.78 is 22.5. The molecule has 9 heteroatoms. The molecule has 1 aliphatic rings. The summed E-state index contributed by atoms with van der Waals surface area (Å²) in [6.07, 6.45) is 1.57. The van der Waals surface area contributed by atoms with Crippen LogP contribution in [0.15, 0.2) is 36.0 Å². The maximum atomic E-state index is 11.3. The van der Waals surface area contributed by atoms with E-state index in [9.17, 15) is 18.5 Å². The van der Waals surface area contributed by atoms with E-state index in [1.54, 1.807) is 6.08 Å². The number of non-ortho nitro benzene ring substituents is 1. The lowest BCUT2D eigenvalue weighted by Crippen LogP contribution is -2.29. The minimum atomic E-state index is -3.05. The van der Waals surface area contributed by atoms with Gasteiger partial charge in [-0.15, -0.1) is 0 Å². The van der Waals surface area contributed by atoms with Crippen molar-refractivity contribution in [3.63, 3.8) is 0 Å². The second kappa shape index (κ2) is 5.55. The van der Waals surface area contributed by atoms with Crippen LogP contribution in [-0.2, 0) is 9.84 Å². The molecule has 2 rings (SSSR count). The van der Waals surface area contributed by atoms with Crippen LogP contribution in [0.4, 0.5) is 11.4 Å². The minimum absolute atomic E-state index is 0.00940. The molecule has 0 aromatic heterocycles. The highest BCUT2D eigenvalue weighted by molar-refractivity contribution is 7.92. The first-order chi connectivity index (χ1) is 9.35. The molecule has 1 aromatic rings. The van der Waals surface area contributed by atoms with Gasteiger partial charge in [-0.2, -0.15) is 0 Å². The fourth-order valence-corrected chi connectivity index (χ4v) is 3.13. The number of anilines is 1. The van der Waals surface area contributed by atoms with Crippen LogP contribution in [0.2, 0.25) is 0 Å². The lowest BCUT2D eigenvalue weighted by Gasteiger charge is -2.10. The van der Waals surface area contributed by atoms with Crippen molar-refractivity contribution < 1.29 is 13.3 Å². The third-order valence-electron chi connectivity index (χ3n) is 2.57. The summed E-state index contributed by atoms with van der Waals surface area (Å²) in [6, 6.07) is 5.74. The molecule has 1 aromatic carbocycles. The van der Waals surface area contributed by atoms with E-state index in [0.717, 1.165) is 0 Å². The van der Waals surface area contributed by atoms with Gasteiger partial charge >= 0.3 is 0 Å². The van der Waals surface area contributed by atoms with Gasteiger partial charge in [0, 0.05) is 23.5 Å². The fourth-order valence-electron chi connectivity index (χ4n) is 1.64. The van der Waals surface area contributed by atoms with Gasteiger partial charge in [-0.3, -0.25) is 10.1 Å². The number of nitro groups is 1. The average molecular weight is 313 g/mol. The maximum absolute atomic E-state index is 11.3. The van der Waals surface area contributed by atoms with E-state index in [2.05, 4.69) is 10.6 Å². The summed E-state index contributed by atoms with van der Waals surface area (Å²) in [5.41, 5.74) is 1.10. The molecule has 0 saturated carbocycles. The predicted molar refractivity (Wildman–Crippen MR) is 79.2 cm³/mol. The minimum Gasteiger partial charge on any atom is -0.335 e. The Morgan fingerprint density at radius 3 is 2.40 bits per heavy atom. The molecule has 7 nitrogen and oxygen atoms in total. The molecule has 0 amide bonds. The van der Waals surface area contributed by atoms with Crippen molar-refractivity contribution in [2.45, 2.75) is 0 Å². The Kier molecular flexibility index (Phi) is 4.00. The molecule has 0 atom stereocenters. The highest BCUT2D eigenvalue weighted by Gasteiger charge is 2.20. The molecular formula is C11H11N3O4S2. The molecule has 106 valence electrons. The predicted octanol–water partition coefficient (Wildman–Crippen LogP) is 1.19. The highest BCUT2D eigenvalue weighted by Crippen LogP contribution is 2.15. The number of hydrogen-bond acceptors (Lipinski definition) is 5. The van der Waals surface area contributed by atoms with Crippen molar-refractivity contribution in [3.05, 3.63) is 46.2 Å². The zero-order chi connectivity index (χ0) is 14.8. The number of nitro benzene ring substituents is 1. The molecule has 0 radical (unpaired) electrons. The zero-order valence-corrected chi connectivity index (χ0v) is 11.8. The largest absolute Gasteiger partial charge is 0.335 e. The van der Waals surface area contributed by atoms with Crippen molar-refractivity contribution >= 4 is 38.5 Å². The van der Waals surface area contributed by atoms with E-state index in [1.807, 2.05) is 0 Å². The highest BCUT2D eigenvalue weighted by atomic mass is 32.2. The lowest BCUT2D eigenvalue weighted by molar-refractivity contribution is -0.384. The number of nitrogens with zero attached hydrogens (tertiary/aromatic N) is 1. The summed E-state index contributed by atoms with van der Waals surface area (Å²) in [6.45, 7) is 0. The van der Waals surface area contributed by atoms with Gasteiger partial charge in [0.15, 0.2) is 14.9 Å². The molecule has 1 heterocycles. The van der Waals surface area contributed by atoms with Crippen LogP contribution in [-0.4, -0.2) is 30.0 Å². The monoisotopic (exact) mass is 313 g/mol. The molecule has 0 saturated heterocycles. The standard InChI is InChI=1S/C11H11N3O4S2/c15-14(16)10-3-1-8(2-4-10)12-11(19)13-9-5-6-20(17,18)7-9/h1-5H,6-7H2,(H2,12,13,19). The van der Waals surface area contributed by atoms with E-state index in [4.69, 9.17) is 12.2 Å². The number of benzene rings is 1. The molecule has 0 bridgehead atoms. The third kappa shape index (κ3) is 3.75. The topological polar surface area (TPSA) is 101 Å². The van der Waals surface area contributed by atoms with Crippen molar-refractivity contribution in [1.29, 1.82) is 0 Å². The molecule has 0 fully saturated rings. The Bertz CT molecular complexity index is 680. The Hall–Kier alpha value is -2.00. The summed E-state index contributed by atoms with van der Waals surface area (Å²) in [4.78, 5) is 10.0. The maximum Gasteiger partial charge on any atom is 0.269 e. The number of rotatable bonds is 3. The summed E-state index contributed by atoms with van der Waals surface area (Å²) in [5, 5.41) is 16.4. The lowest BCUT2D eigenvalue weighted by atomic mass is 10.3. The van der Waals surface area contributed by atoms with Gasteiger partial charge in [-0.25, -0.2) is 8.42 Å². The number of sulfone groups is 1. The van der Waals surface area contributed by atoms with Gasteiger partial charge in [0.1, 0.15) is 0 Å². The average Bonchev–Trinajstić information content (AvgIpc) is 2.69. The van der Waals surface area contributed by atoms with Gasteiger partial charge < -0.3 is 10.6 Å². The number of nitrogens with one attached hydrogen (secondary N) is 2. The smallest absolute Gasteiger partial charge is 0.269 e. The van der Waals surface area contributed by atoms with Crippen LogP contribution >= 0.6 is 12.2 Å². The van der Waals surface area contributed by atoms with Crippen LogP contribution in [0.25, 0.3) is 0 Å². The van der Waals surface area contributed by atoms with Crippen molar-refractivity contribution in [2.24, 2.45) is 0 Å². The fraction of sp³-hybridized carbons (Fsp3) is 0.182. The SMILES string of the molecule is O=[N+]([O-])c1ccc(NC(=S)NC2=CCS(=O)(=O)C2)cc1. The van der Waals surface area contributed by atoms with E-state index in [1.165, 1.54) is 24.3 Å². The molecular weight excluding hydrogens is 302 g/mol. The molecule has 1 aliphatic heterocycles. The second-order valence-electron chi connectivity index (χ2n) is 4.17. The van der Waals surface area contributed by atoms with Gasteiger partial charge in [-0.1, -0.05) is 0 Å². The number of hydrogen-bond donors (Lipinski definition) is 2. The van der Waals surface area contributed by atoms with Crippen molar-refractivity contribution in [1.82, 2.24) is 5.32 Å². The molecule has 0 aliphatic carbocycles.